The molecule has 1 atom stereocenters. The van der Waals surface area contributed by atoms with Crippen LogP contribution in [-0.2, 0) is 14.3 Å². The first-order valence-electron chi connectivity index (χ1n) is 6.74. The number of aryl methyl sites for hydroxylation is 1. The average Bonchev–Trinajstić information content (AvgIpc) is 2.45. The fourth-order valence-corrected chi connectivity index (χ4v) is 2.14. The van der Waals surface area contributed by atoms with Gasteiger partial charge in [0.15, 0.2) is 0 Å². The molecule has 0 bridgehead atoms. The molecule has 1 aliphatic rings. The Kier molecular flexibility index (Phi) is 4.93. The normalized spacial score (nSPS) is 19.5. The van der Waals surface area contributed by atoms with E-state index in [2.05, 4.69) is 31.2 Å². The molecule has 4 heteroatoms. The van der Waals surface area contributed by atoms with Crippen LogP contribution in [0.3, 0.4) is 0 Å². The SMILES string of the molecule is CCOCC(=O)N1CCOC(c2ccc(C)cc2)C1. The summed E-state index contributed by atoms with van der Waals surface area (Å²) >= 11 is 0. The number of benzene rings is 1. The highest BCUT2D eigenvalue weighted by Crippen LogP contribution is 2.22. The Morgan fingerprint density at radius 2 is 2.16 bits per heavy atom. The molecular formula is C15H21NO3. The first-order chi connectivity index (χ1) is 9.20. The van der Waals surface area contributed by atoms with E-state index in [9.17, 15) is 4.79 Å². The van der Waals surface area contributed by atoms with Gasteiger partial charge < -0.3 is 14.4 Å². The number of nitrogens with zero attached hydrogens (tertiary/aromatic N) is 1. The molecule has 1 amide bonds. The smallest absolute Gasteiger partial charge is 0.248 e. The number of carbonyl (C=O) groups excluding carboxylic acids is 1. The molecule has 1 heterocycles. The lowest BCUT2D eigenvalue weighted by Gasteiger charge is -2.33. The topological polar surface area (TPSA) is 38.8 Å². The van der Waals surface area contributed by atoms with Crippen molar-refractivity contribution in [3.63, 3.8) is 0 Å². The van der Waals surface area contributed by atoms with E-state index in [1.807, 2.05) is 11.8 Å². The molecule has 1 saturated heterocycles. The van der Waals surface area contributed by atoms with Gasteiger partial charge in [0.05, 0.1) is 13.2 Å². The van der Waals surface area contributed by atoms with E-state index in [1.165, 1.54) is 5.56 Å². The fourth-order valence-electron chi connectivity index (χ4n) is 2.14. The molecule has 0 aliphatic carbocycles. The molecule has 1 aliphatic heterocycles. The van der Waals surface area contributed by atoms with Crippen molar-refractivity contribution >= 4 is 5.91 Å². The van der Waals surface area contributed by atoms with Gasteiger partial charge in [0.2, 0.25) is 5.91 Å². The van der Waals surface area contributed by atoms with Crippen LogP contribution in [0.25, 0.3) is 0 Å². The lowest BCUT2D eigenvalue weighted by atomic mass is 10.1. The standard InChI is InChI=1S/C15H21NO3/c1-3-18-11-15(17)16-8-9-19-14(10-16)13-6-4-12(2)5-7-13/h4-7,14H,3,8-11H2,1-2H3. The van der Waals surface area contributed by atoms with Crippen molar-refractivity contribution in [3.05, 3.63) is 35.4 Å². The van der Waals surface area contributed by atoms with Crippen molar-refractivity contribution < 1.29 is 14.3 Å². The quantitative estimate of drug-likeness (QED) is 0.833. The second kappa shape index (κ2) is 6.68. The number of hydrogen-bond donors (Lipinski definition) is 0. The van der Waals surface area contributed by atoms with Crippen LogP contribution in [0, 0.1) is 6.92 Å². The van der Waals surface area contributed by atoms with E-state index in [1.54, 1.807) is 0 Å². The second-order valence-corrected chi connectivity index (χ2v) is 4.75. The predicted molar refractivity (Wildman–Crippen MR) is 72.9 cm³/mol. The van der Waals surface area contributed by atoms with Gasteiger partial charge in [-0.2, -0.15) is 0 Å². The van der Waals surface area contributed by atoms with Gasteiger partial charge in [0, 0.05) is 13.2 Å². The van der Waals surface area contributed by atoms with Gasteiger partial charge in [0.25, 0.3) is 0 Å². The van der Waals surface area contributed by atoms with Crippen molar-refractivity contribution in [2.24, 2.45) is 0 Å². The number of ether oxygens (including phenoxy) is 2. The van der Waals surface area contributed by atoms with Crippen LogP contribution in [0.5, 0.6) is 0 Å². The zero-order chi connectivity index (χ0) is 13.7. The number of amides is 1. The summed E-state index contributed by atoms with van der Waals surface area (Å²) in [7, 11) is 0. The number of rotatable bonds is 4. The van der Waals surface area contributed by atoms with E-state index in [0.29, 0.717) is 26.3 Å². The Bertz CT molecular complexity index is 416. The summed E-state index contributed by atoms with van der Waals surface area (Å²) in [6.45, 7) is 6.51. The molecule has 0 aromatic heterocycles. The van der Waals surface area contributed by atoms with Gasteiger partial charge in [-0.15, -0.1) is 0 Å². The zero-order valence-corrected chi connectivity index (χ0v) is 11.6. The Hall–Kier alpha value is -1.39. The molecule has 2 rings (SSSR count). The molecule has 1 unspecified atom stereocenters. The minimum atomic E-state index is -0.0278. The Labute approximate surface area is 114 Å². The van der Waals surface area contributed by atoms with Crippen molar-refractivity contribution in [1.29, 1.82) is 0 Å². The minimum Gasteiger partial charge on any atom is -0.372 e. The third-order valence-electron chi connectivity index (χ3n) is 3.30. The summed E-state index contributed by atoms with van der Waals surface area (Å²) in [5, 5.41) is 0. The summed E-state index contributed by atoms with van der Waals surface area (Å²) in [5.74, 6) is 0.0438. The van der Waals surface area contributed by atoms with Crippen LogP contribution in [0.1, 0.15) is 24.2 Å². The maximum absolute atomic E-state index is 11.9. The molecule has 1 aromatic carbocycles. The highest BCUT2D eigenvalue weighted by atomic mass is 16.5. The van der Waals surface area contributed by atoms with Gasteiger partial charge in [-0.25, -0.2) is 0 Å². The first-order valence-corrected chi connectivity index (χ1v) is 6.74. The highest BCUT2D eigenvalue weighted by Gasteiger charge is 2.25. The molecule has 0 spiro atoms. The van der Waals surface area contributed by atoms with Crippen LogP contribution in [0.15, 0.2) is 24.3 Å². The lowest BCUT2D eigenvalue weighted by molar-refractivity contribution is -0.143. The first kappa shape index (κ1) is 14.0. The van der Waals surface area contributed by atoms with E-state index in [4.69, 9.17) is 9.47 Å². The predicted octanol–water partition coefficient (Wildman–Crippen LogP) is 1.93. The van der Waals surface area contributed by atoms with Crippen LogP contribution >= 0.6 is 0 Å². The van der Waals surface area contributed by atoms with Crippen molar-refractivity contribution in [3.8, 4) is 0 Å². The summed E-state index contributed by atoms with van der Waals surface area (Å²) in [4.78, 5) is 13.8. The Morgan fingerprint density at radius 1 is 1.42 bits per heavy atom. The van der Waals surface area contributed by atoms with Gasteiger partial charge in [-0.3, -0.25) is 4.79 Å². The second-order valence-electron chi connectivity index (χ2n) is 4.75. The number of carbonyl (C=O) groups is 1. The number of morpholine rings is 1. The van der Waals surface area contributed by atoms with Crippen LogP contribution < -0.4 is 0 Å². The highest BCUT2D eigenvalue weighted by molar-refractivity contribution is 5.77. The zero-order valence-electron chi connectivity index (χ0n) is 11.6. The summed E-state index contributed by atoms with van der Waals surface area (Å²) in [6.07, 6.45) is -0.0278. The van der Waals surface area contributed by atoms with Crippen LogP contribution in [-0.4, -0.2) is 43.7 Å². The molecule has 0 saturated carbocycles. The maximum Gasteiger partial charge on any atom is 0.248 e. The number of hydrogen-bond acceptors (Lipinski definition) is 3. The van der Waals surface area contributed by atoms with E-state index >= 15 is 0 Å². The monoisotopic (exact) mass is 263 g/mol. The van der Waals surface area contributed by atoms with Gasteiger partial charge in [0.1, 0.15) is 12.7 Å². The molecule has 0 N–H and O–H groups in total. The summed E-state index contributed by atoms with van der Waals surface area (Å²) in [5.41, 5.74) is 2.35. The molecule has 4 nitrogen and oxygen atoms in total. The van der Waals surface area contributed by atoms with E-state index in [0.717, 1.165) is 5.56 Å². The van der Waals surface area contributed by atoms with Crippen molar-refractivity contribution in [2.45, 2.75) is 20.0 Å². The Morgan fingerprint density at radius 3 is 2.84 bits per heavy atom. The molecular weight excluding hydrogens is 242 g/mol. The minimum absolute atomic E-state index is 0.0278. The van der Waals surface area contributed by atoms with E-state index < -0.39 is 0 Å². The van der Waals surface area contributed by atoms with Crippen LogP contribution in [0.4, 0.5) is 0 Å². The summed E-state index contributed by atoms with van der Waals surface area (Å²) in [6, 6.07) is 8.27. The lowest BCUT2D eigenvalue weighted by Crippen LogP contribution is -2.43. The molecule has 1 fully saturated rings. The molecule has 0 radical (unpaired) electrons. The molecule has 104 valence electrons. The van der Waals surface area contributed by atoms with Crippen molar-refractivity contribution in [2.75, 3.05) is 32.9 Å². The van der Waals surface area contributed by atoms with Gasteiger partial charge in [-0.05, 0) is 19.4 Å². The fraction of sp³-hybridized carbons (Fsp3) is 0.533. The molecule has 19 heavy (non-hydrogen) atoms. The van der Waals surface area contributed by atoms with Crippen LogP contribution in [0.2, 0.25) is 0 Å². The van der Waals surface area contributed by atoms with Crippen molar-refractivity contribution in [1.82, 2.24) is 4.90 Å². The van der Waals surface area contributed by atoms with Gasteiger partial charge in [-0.1, -0.05) is 29.8 Å². The summed E-state index contributed by atoms with van der Waals surface area (Å²) < 4.78 is 10.9. The maximum atomic E-state index is 11.9. The largest absolute Gasteiger partial charge is 0.372 e. The third kappa shape index (κ3) is 3.78. The third-order valence-corrected chi connectivity index (χ3v) is 3.30. The Balaban J connectivity index is 1.96. The van der Waals surface area contributed by atoms with Gasteiger partial charge >= 0.3 is 0 Å². The van der Waals surface area contributed by atoms with E-state index in [-0.39, 0.29) is 18.6 Å². The average molecular weight is 263 g/mol. The molecule has 1 aromatic rings.